The Morgan fingerprint density at radius 3 is 1.71 bits per heavy atom. The summed E-state index contributed by atoms with van der Waals surface area (Å²) in [5, 5.41) is 1.87. The smallest absolute Gasteiger partial charge is 0.207 e. The van der Waals surface area contributed by atoms with Crippen LogP contribution in [0.5, 0.6) is 0 Å². The minimum absolute atomic E-state index is 0.328. The molecular formula is C50H33N3O2S. The third-order valence-corrected chi connectivity index (χ3v) is 13.3. The van der Waals surface area contributed by atoms with Gasteiger partial charge in [0.2, 0.25) is 9.84 Å². The van der Waals surface area contributed by atoms with Gasteiger partial charge in [0.1, 0.15) is 5.82 Å². The van der Waals surface area contributed by atoms with E-state index in [4.69, 9.17) is 4.98 Å². The van der Waals surface area contributed by atoms with Gasteiger partial charge in [-0.1, -0.05) is 127 Å². The summed E-state index contributed by atoms with van der Waals surface area (Å²) in [5.74, 6) is 0.861. The van der Waals surface area contributed by atoms with Crippen LogP contribution in [0.25, 0.3) is 55.6 Å². The Labute approximate surface area is 324 Å². The Bertz CT molecular complexity index is 3200. The number of nitrogens with zero attached hydrogens (tertiary/aromatic N) is 3. The molecule has 8 aromatic carbocycles. The maximum atomic E-state index is 14.9. The Morgan fingerprint density at radius 1 is 0.429 bits per heavy atom. The first-order chi connectivity index (χ1) is 27.5. The van der Waals surface area contributed by atoms with Gasteiger partial charge in [-0.3, -0.25) is 4.57 Å². The molecular weight excluding hydrogens is 707 g/mol. The zero-order valence-corrected chi connectivity index (χ0v) is 30.9. The number of rotatable bonds is 5. The first kappa shape index (κ1) is 32.4. The predicted octanol–water partition coefficient (Wildman–Crippen LogP) is 11.3. The van der Waals surface area contributed by atoms with E-state index in [1.165, 1.54) is 0 Å². The highest BCUT2D eigenvalue weighted by atomic mass is 32.2. The van der Waals surface area contributed by atoms with Crippen molar-refractivity contribution in [3.05, 3.63) is 222 Å². The highest BCUT2D eigenvalue weighted by molar-refractivity contribution is 7.91. The molecule has 0 amide bonds. The third-order valence-electron chi connectivity index (χ3n) is 11.4. The second kappa shape index (κ2) is 12.2. The standard InChI is InChI=1S/C50H33N3O2S/c54-56(55)47-27-15-11-23-41(47)50(35-16-4-1-5-17-35,36-18-6-2-7-19-36)42-33-46-40(32-48(42)56)39-22-10-13-25-44(39)52(46)38-30-28-34(29-31-38)49-51-43-24-12-14-26-45(43)53(49)37-20-8-3-9-21-37/h1-33H. The lowest BCUT2D eigenvalue weighted by Crippen LogP contribution is -2.37. The lowest BCUT2D eigenvalue weighted by Gasteiger charge is -2.41. The third kappa shape index (κ3) is 4.54. The monoisotopic (exact) mass is 739 g/mol. The molecule has 5 nitrogen and oxygen atoms in total. The molecule has 266 valence electrons. The molecule has 6 heteroatoms. The van der Waals surface area contributed by atoms with Crippen molar-refractivity contribution in [2.24, 2.45) is 0 Å². The summed E-state index contributed by atoms with van der Waals surface area (Å²) in [7, 11) is -3.90. The molecule has 10 aromatic rings. The minimum Gasteiger partial charge on any atom is -0.309 e. The summed E-state index contributed by atoms with van der Waals surface area (Å²) < 4.78 is 34.2. The molecule has 0 atom stereocenters. The lowest BCUT2D eigenvalue weighted by molar-refractivity contribution is 0.579. The van der Waals surface area contributed by atoms with Crippen LogP contribution in [0, 0.1) is 0 Å². The number of imidazole rings is 1. The van der Waals surface area contributed by atoms with E-state index < -0.39 is 15.3 Å². The van der Waals surface area contributed by atoms with E-state index in [0.717, 1.165) is 77.9 Å². The number of aromatic nitrogens is 3. The van der Waals surface area contributed by atoms with E-state index in [2.05, 4.69) is 100 Å². The average Bonchev–Trinajstić information content (AvgIpc) is 3.81. The summed E-state index contributed by atoms with van der Waals surface area (Å²) in [4.78, 5) is 5.77. The molecule has 56 heavy (non-hydrogen) atoms. The highest BCUT2D eigenvalue weighted by Crippen LogP contribution is 2.55. The predicted molar refractivity (Wildman–Crippen MR) is 225 cm³/mol. The second-order valence-corrected chi connectivity index (χ2v) is 16.2. The Hall–Kier alpha value is -7.02. The van der Waals surface area contributed by atoms with Crippen LogP contribution in [-0.4, -0.2) is 22.5 Å². The molecule has 2 aromatic heterocycles. The molecule has 0 bridgehead atoms. The van der Waals surface area contributed by atoms with Crippen molar-refractivity contribution in [2.75, 3.05) is 0 Å². The number of hydrogen-bond donors (Lipinski definition) is 0. The summed E-state index contributed by atoms with van der Waals surface area (Å²) in [6.07, 6.45) is 0. The van der Waals surface area contributed by atoms with Crippen molar-refractivity contribution in [1.29, 1.82) is 0 Å². The van der Waals surface area contributed by atoms with E-state index in [1.807, 2.05) is 103 Å². The zero-order valence-electron chi connectivity index (χ0n) is 30.1. The van der Waals surface area contributed by atoms with Gasteiger partial charge in [0.05, 0.1) is 37.3 Å². The van der Waals surface area contributed by atoms with Gasteiger partial charge in [-0.25, -0.2) is 13.4 Å². The molecule has 11 rings (SSSR count). The molecule has 0 unspecified atom stereocenters. The maximum Gasteiger partial charge on any atom is 0.207 e. The quantitative estimate of drug-likeness (QED) is 0.177. The summed E-state index contributed by atoms with van der Waals surface area (Å²) in [5.41, 5.74) is 9.48. The first-order valence-electron chi connectivity index (χ1n) is 18.7. The van der Waals surface area contributed by atoms with Gasteiger partial charge in [-0.05, 0) is 95.1 Å². The SMILES string of the molecule is O=S1(=O)c2ccccc2C(c2ccccc2)(c2ccccc2)c2cc3c(cc21)c1ccccc1n3-c1ccc(-c2nc3ccccc3n2-c2ccccc2)cc1. The number of sulfone groups is 1. The maximum absolute atomic E-state index is 14.9. The number of benzene rings is 8. The number of para-hydroxylation sites is 4. The Balaban J connectivity index is 1.19. The van der Waals surface area contributed by atoms with Crippen molar-refractivity contribution < 1.29 is 8.42 Å². The molecule has 0 saturated carbocycles. The molecule has 0 radical (unpaired) electrons. The van der Waals surface area contributed by atoms with Crippen molar-refractivity contribution in [3.8, 4) is 22.8 Å². The number of fused-ring (bicyclic) bond motifs is 6. The van der Waals surface area contributed by atoms with E-state index in [0.29, 0.717) is 9.79 Å². The molecule has 0 aliphatic carbocycles. The fraction of sp³-hybridized carbons (Fsp3) is 0.0200. The molecule has 0 fully saturated rings. The molecule has 1 aliphatic rings. The average molecular weight is 740 g/mol. The molecule has 0 spiro atoms. The van der Waals surface area contributed by atoms with Crippen LogP contribution in [0.4, 0.5) is 0 Å². The Morgan fingerprint density at radius 2 is 1.00 bits per heavy atom. The van der Waals surface area contributed by atoms with Crippen LogP contribution in [0.3, 0.4) is 0 Å². The van der Waals surface area contributed by atoms with Gasteiger partial charge in [0.15, 0.2) is 0 Å². The zero-order chi connectivity index (χ0) is 37.4. The molecule has 1 aliphatic heterocycles. The van der Waals surface area contributed by atoms with E-state index in [9.17, 15) is 8.42 Å². The molecule has 0 saturated heterocycles. The van der Waals surface area contributed by atoms with Crippen LogP contribution in [0.2, 0.25) is 0 Å². The lowest BCUT2D eigenvalue weighted by atomic mass is 9.64. The van der Waals surface area contributed by atoms with E-state index >= 15 is 0 Å². The van der Waals surface area contributed by atoms with Gasteiger partial charge in [-0.15, -0.1) is 0 Å². The van der Waals surface area contributed by atoms with Crippen molar-refractivity contribution in [2.45, 2.75) is 15.2 Å². The largest absolute Gasteiger partial charge is 0.309 e. The summed E-state index contributed by atoms with van der Waals surface area (Å²) in [6, 6.07) is 67.6. The minimum atomic E-state index is -3.90. The topological polar surface area (TPSA) is 56.9 Å². The fourth-order valence-electron chi connectivity index (χ4n) is 9.05. The first-order valence-corrected chi connectivity index (χ1v) is 20.2. The van der Waals surface area contributed by atoms with Crippen molar-refractivity contribution >= 4 is 42.7 Å². The molecule has 3 heterocycles. The Kier molecular flexibility index (Phi) is 7.09. The van der Waals surface area contributed by atoms with Gasteiger partial charge in [0, 0.05) is 27.7 Å². The normalized spacial score (nSPS) is 14.1. The van der Waals surface area contributed by atoms with Crippen LogP contribution < -0.4 is 0 Å². The van der Waals surface area contributed by atoms with Crippen molar-refractivity contribution in [3.63, 3.8) is 0 Å². The summed E-state index contributed by atoms with van der Waals surface area (Å²) >= 11 is 0. The second-order valence-electron chi connectivity index (χ2n) is 14.3. The van der Waals surface area contributed by atoms with E-state index in [-0.39, 0.29) is 0 Å². The van der Waals surface area contributed by atoms with Gasteiger partial charge >= 0.3 is 0 Å². The van der Waals surface area contributed by atoms with Gasteiger partial charge < -0.3 is 4.57 Å². The number of hydrogen-bond acceptors (Lipinski definition) is 3. The molecule has 0 N–H and O–H groups in total. The van der Waals surface area contributed by atoms with Gasteiger partial charge in [-0.2, -0.15) is 0 Å². The fourth-order valence-corrected chi connectivity index (χ4v) is 10.8. The van der Waals surface area contributed by atoms with E-state index in [1.54, 1.807) is 6.07 Å². The van der Waals surface area contributed by atoms with Crippen LogP contribution in [0.1, 0.15) is 22.3 Å². The van der Waals surface area contributed by atoms with Crippen LogP contribution in [0.15, 0.2) is 210 Å². The highest BCUT2D eigenvalue weighted by Gasteiger charge is 2.49. The van der Waals surface area contributed by atoms with Crippen LogP contribution in [-0.2, 0) is 15.3 Å². The summed E-state index contributed by atoms with van der Waals surface area (Å²) in [6.45, 7) is 0. The van der Waals surface area contributed by atoms with Gasteiger partial charge in [0.25, 0.3) is 0 Å². The van der Waals surface area contributed by atoms with Crippen molar-refractivity contribution in [1.82, 2.24) is 14.1 Å². The van der Waals surface area contributed by atoms with Crippen LogP contribution >= 0.6 is 0 Å².